The Hall–Kier alpha value is -0.810. The molecule has 19 heavy (non-hydrogen) atoms. The van der Waals surface area contributed by atoms with E-state index < -0.39 is 5.60 Å². The fourth-order valence-corrected chi connectivity index (χ4v) is 2.58. The second-order valence-corrected chi connectivity index (χ2v) is 6.35. The minimum atomic E-state index is -0.461. The second-order valence-electron chi connectivity index (χ2n) is 6.35. The molecule has 0 spiro atoms. The number of carbonyl (C=O) groups excluding carboxylic acids is 1. The summed E-state index contributed by atoms with van der Waals surface area (Å²) in [6.07, 6.45) is 2.57. The summed E-state index contributed by atoms with van der Waals surface area (Å²) in [5, 5.41) is 9.43. The molecule has 1 amide bonds. The van der Waals surface area contributed by atoms with Gasteiger partial charge in [0, 0.05) is 19.7 Å². The summed E-state index contributed by atoms with van der Waals surface area (Å²) in [6.45, 7) is 7.75. The number of piperidine rings is 1. The molecule has 0 radical (unpaired) electrons. The maximum absolute atomic E-state index is 12.0. The van der Waals surface area contributed by atoms with E-state index in [9.17, 15) is 9.90 Å². The van der Waals surface area contributed by atoms with Crippen molar-refractivity contribution < 1.29 is 14.6 Å². The summed E-state index contributed by atoms with van der Waals surface area (Å²) in [5.41, 5.74) is 5.11. The molecule has 2 atom stereocenters. The molecule has 1 rings (SSSR count). The molecule has 0 aliphatic carbocycles. The van der Waals surface area contributed by atoms with Gasteiger partial charge < -0.3 is 20.5 Å². The molecule has 1 fully saturated rings. The summed E-state index contributed by atoms with van der Waals surface area (Å²) in [5.74, 6) is 0.519. The van der Waals surface area contributed by atoms with Crippen molar-refractivity contribution in [3.05, 3.63) is 0 Å². The number of rotatable bonds is 4. The number of nitrogens with two attached hydrogens (primary N) is 1. The smallest absolute Gasteiger partial charge is 0.410 e. The number of aliphatic hydroxyl groups excluding tert-OH is 1. The Morgan fingerprint density at radius 3 is 2.74 bits per heavy atom. The van der Waals surface area contributed by atoms with Gasteiger partial charge in [0.2, 0.25) is 0 Å². The van der Waals surface area contributed by atoms with Gasteiger partial charge in [-0.05, 0) is 58.4 Å². The standard InChI is InChI=1S/C14H28N2O3/c1-14(2,3)19-13(18)16-8-4-5-11(9-16)12(10-17)6-7-15/h11-12,17H,4-10,15H2,1-3H3. The summed E-state index contributed by atoms with van der Waals surface area (Å²) in [4.78, 5) is 13.8. The number of hydrogen-bond donors (Lipinski definition) is 2. The third kappa shape index (κ3) is 5.37. The van der Waals surface area contributed by atoms with Crippen LogP contribution in [0.4, 0.5) is 4.79 Å². The van der Waals surface area contributed by atoms with Crippen molar-refractivity contribution in [2.45, 2.75) is 45.6 Å². The van der Waals surface area contributed by atoms with Crippen molar-refractivity contribution in [3.63, 3.8) is 0 Å². The average Bonchev–Trinajstić information content (AvgIpc) is 2.34. The zero-order valence-electron chi connectivity index (χ0n) is 12.4. The average molecular weight is 272 g/mol. The van der Waals surface area contributed by atoms with Crippen LogP contribution in [-0.2, 0) is 4.74 Å². The molecule has 0 aromatic rings. The summed E-state index contributed by atoms with van der Waals surface area (Å²) in [7, 11) is 0. The molecule has 1 heterocycles. The minimum absolute atomic E-state index is 0.143. The predicted molar refractivity (Wildman–Crippen MR) is 74.8 cm³/mol. The number of likely N-dealkylation sites (tertiary alicyclic amines) is 1. The van der Waals surface area contributed by atoms with Gasteiger partial charge in [-0.2, -0.15) is 0 Å². The fourth-order valence-electron chi connectivity index (χ4n) is 2.58. The largest absolute Gasteiger partial charge is 0.444 e. The Balaban J connectivity index is 2.56. The topological polar surface area (TPSA) is 75.8 Å². The summed E-state index contributed by atoms with van der Waals surface area (Å²) >= 11 is 0. The van der Waals surface area contributed by atoms with E-state index in [1.165, 1.54) is 0 Å². The number of aliphatic hydroxyl groups is 1. The number of carbonyl (C=O) groups is 1. The van der Waals surface area contributed by atoms with Crippen molar-refractivity contribution in [1.82, 2.24) is 4.90 Å². The van der Waals surface area contributed by atoms with Gasteiger partial charge in [0.1, 0.15) is 5.60 Å². The zero-order chi connectivity index (χ0) is 14.5. The molecule has 1 aliphatic heterocycles. The minimum Gasteiger partial charge on any atom is -0.444 e. The number of nitrogens with zero attached hydrogens (tertiary/aromatic N) is 1. The maximum atomic E-state index is 12.0. The van der Waals surface area contributed by atoms with E-state index in [1.807, 2.05) is 20.8 Å². The molecule has 0 bridgehead atoms. The highest BCUT2D eigenvalue weighted by atomic mass is 16.6. The first-order valence-corrected chi connectivity index (χ1v) is 7.16. The Labute approximate surface area is 116 Å². The quantitative estimate of drug-likeness (QED) is 0.815. The van der Waals surface area contributed by atoms with E-state index in [0.29, 0.717) is 19.0 Å². The van der Waals surface area contributed by atoms with Gasteiger partial charge in [-0.25, -0.2) is 4.79 Å². The Morgan fingerprint density at radius 1 is 1.53 bits per heavy atom. The molecular formula is C14H28N2O3. The summed E-state index contributed by atoms with van der Waals surface area (Å²) < 4.78 is 5.40. The lowest BCUT2D eigenvalue weighted by molar-refractivity contribution is 0.00974. The fraction of sp³-hybridized carbons (Fsp3) is 0.929. The number of amides is 1. The second kappa shape index (κ2) is 7.10. The van der Waals surface area contributed by atoms with Crippen LogP contribution in [0, 0.1) is 11.8 Å². The Morgan fingerprint density at radius 2 is 2.21 bits per heavy atom. The predicted octanol–water partition coefficient (Wildman–Crippen LogP) is 1.59. The third-order valence-electron chi connectivity index (χ3n) is 3.55. The molecule has 0 aromatic carbocycles. The molecule has 3 N–H and O–H groups in total. The molecule has 0 saturated carbocycles. The van der Waals surface area contributed by atoms with E-state index in [2.05, 4.69) is 0 Å². The molecule has 0 aromatic heterocycles. The highest BCUT2D eigenvalue weighted by Crippen LogP contribution is 2.26. The zero-order valence-corrected chi connectivity index (χ0v) is 12.4. The van der Waals surface area contributed by atoms with Crippen molar-refractivity contribution >= 4 is 6.09 Å². The first kappa shape index (κ1) is 16.2. The summed E-state index contributed by atoms with van der Waals surface area (Å²) in [6, 6.07) is 0. The molecule has 1 saturated heterocycles. The Bertz CT molecular complexity index is 289. The van der Waals surface area contributed by atoms with Crippen molar-refractivity contribution in [2.24, 2.45) is 17.6 Å². The SMILES string of the molecule is CC(C)(C)OC(=O)N1CCCC(C(CO)CCN)C1. The normalized spacial score (nSPS) is 22.2. The van der Waals surface area contributed by atoms with E-state index in [0.717, 1.165) is 25.8 Å². The van der Waals surface area contributed by atoms with Gasteiger partial charge in [0.15, 0.2) is 0 Å². The van der Waals surface area contributed by atoms with Crippen LogP contribution < -0.4 is 5.73 Å². The van der Waals surface area contributed by atoms with Gasteiger partial charge >= 0.3 is 6.09 Å². The Kier molecular flexibility index (Phi) is 6.07. The first-order valence-electron chi connectivity index (χ1n) is 7.16. The van der Waals surface area contributed by atoms with Crippen molar-refractivity contribution in [1.29, 1.82) is 0 Å². The number of ether oxygens (including phenoxy) is 1. The van der Waals surface area contributed by atoms with E-state index in [-0.39, 0.29) is 18.6 Å². The van der Waals surface area contributed by atoms with Crippen LogP contribution >= 0.6 is 0 Å². The van der Waals surface area contributed by atoms with Crippen LogP contribution in [0.5, 0.6) is 0 Å². The van der Waals surface area contributed by atoms with Crippen LogP contribution in [0.1, 0.15) is 40.0 Å². The van der Waals surface area contributed by atoms with Gasteiger partial charge in [0.05, 0.1) is 0 Å². The number of hydrogen-bond acceptors (Lipinski definition) is 4. The molecule has 112 valence electrons. The lowest BCUT2D eigenvalue weighted by atomic mass is 9.84. The highest BCUT2D eigenvalue weighted by Gasteiger charge is 2.31. The van der Waals surface area contributed by atoms with Crippen molar-refractivity contribution in [3.8, 4) is 0 Å². The maximum Gasteiger partial charge on any atom is 0.410 e. The van der Waals surface area contributed by atoms with Gasteiger partial charge in [-0.3, -0.25) is 0 Å². The van der Waals surface area contributed by atoms with Crippen LogP contribution in [-0.4, -0.2) is 47.9 Å². The van der Waals surface area contributed by atoms with E-state index in [1.54, 1.807) is 4.90 Å². The molecule has 2 unspecified atom stereocenters. The lowest BCUT2D eigenvalue weighted by Gasteiger charge is -2.37. The van der Waals surface area contributed by atoms with Crippen LogP contribution in [0.25, 0.3) is 0 Å². The van der Waals surface area contributed by atoms with E-state index in [4.69, 9.17) is 10.5 Å². The van der Waals surface area contributed by atoms with Crippen molar-refractivity contribution in [2.75, 3.05) is 26.2 Å². The van der Waals surface area contributed by atoms with Gasteiger partial charge in [0.25, 0.3) is 0 Å². The van der Waals surface area contributed by atoms with E-state index >= 15 is 0 Å². The molecule has 5 heteroatoms. The third-order valence-corrected chi connectivity index (χ3v) is 3.55. The first-order chi connectivity index (χ1) is 8.87. The van der Waals surface area contributed by atoms with Crippen LogP contribution in [0.3, 0.4) is 0 Å². The molecule has 1 aliphatic rings. The molecular weight excluding hydrogens is 244 g/mol. The van der Waals surface area contributed by atoms with Gasteiger partial charge in [-0.15, -0.1) is 0 Å². The van der Waals surface area contributed by atoms with Crippen LogP contribution in [0.15, 0.2) is 0 Å². The highest BCUT2D eigenvalue weighted by molar-refractivity contribution is 5.68. The lowest BCUT2D eigenvalue weighted by Crippen LogP contribution is -2.45. The van der Waals surface area contributed by atoms with Gasteiger partial charge in [-0.1, -0.05) is 0 Å². The molecule has 5 nitrogen and oxygen atoms in total. The van der Waals surface area contributed by atoms with Crippen LogP contribution in [0.2, 0.25) is 0 Å². The monoisotopic (exact) mass is 272 g/mol.